The lowest BCUT2D eigenvalue weighted by Gasteiger charge is -2.32. The van der Waals surface area contributed by atoms with E-state index in [9.17, 15) is 9.90 Å². The molecule has 2 heteroatoms. The van der Waals surface area contributed by atoms with Gasteiger partial charge in [-0.15, -0.1) is 0 Å². The Morgan fingerprint density at radius 1 is 1.40 bits per heavy atom. The van der Waals surface area contributed by atoms with Crippen molar-refractivity contribution in [1.29, 1.82) is 0 Å². The Morgan fingerprint density at radius 2 is 2.13 bits per heavy atom. The minimum Gasteiger partial charge on any atom is -0.481 e. The summed E-state index contributed by atoms with van der Waals surface area (Å²) in [6, 6.07) is 0. The van der Waals surface area contributed by atoms with Crippen molar-refractivity contribution in [2.75, 3.05) is 0 Å². The standard InChI is InChI=1S/C13H24O2/c1-3-6-12(13(14)15)11-8-5-7-10(4-2)9-11/h10-12H,3-9H2,1-2H3,(H,14,15). The van der Waals surface area contributed by atoms with Crippen LogP contribution in [0.4, 0.5) is 0 Å². The summed E-state index contributed by atoms with van der Waals surface area (Å²) in [6.07, 6.45) is 7.89. The van der Waals surface area contributed by atoms with Crippen LogP contribution in [0.5, 0.6) is 0 Å². The Labute approximate surface area is 93.1 Å². The number of aliphatic carboxylic acids is 1. The molecule has 0 bridgehead atoms. The van der Waals surface area contributed by atoms with E-state index < -0.39 is 5.97 Å². The first-order valence-electron chi connectivity index (χ1n) is 6.41. The number of carboxylic acids is 1. The first-order valence-corrected chi connectivity index (χ1v) is 6.41. The summed E-state index contributed by atoms with van der Waals surface area (Å²) in [6.45, 7) is 4.30. The van der Waals surface area contributed by atoms with Gasteiger partial charge in [0.1, 0.15) is 0 Å². The quantitative estimate of drug-likeness (QED) is 0.754. The molecule has 1 N–H and O–H groups in total. The molecule has 3 unspecified atom stereocenters. The van der Waals surface area contributed by atoms with E-state index in [-0.39, 0.29) is 5.92 Å². The van der Waals surface area contributed by atoms with Crippen LogP contribution in [-0.4, -0.2) is 11.1 Å². The number of hydrogen-bond donors (Lipinski definition) is 1. The molecule has 0 amide bonds. The van der Waals surface area contributed by atoms with Crippen LogP contribution in [0, 0.1) is 17.8 Å². The zero-order valence-corrected chi connectivity index (χ0v) is 10.0. The van der Waals surface area contributed by atoms with Crippen molar-refractivity contribution in [3.63, 3.8) is 0 Å². The van der Waals surface area contributed by atoms with Gasteiger partial charge in [-0.05, 0) is 31.1 Å². The first kappa shape index (κ1) is 12.5. The molecule has 1 fully saturated rings. The van der Waals surface area contributed by atoms with Gasteiger partial charge in [0, 0.05) is 0 Å². The maximum Gasteiger partial charge on any atom is 0.306 e. The number of carboxylic acid groups (broad SMARTS) is 1. The van der Waals surface area contributed by atoms with E-state index in [4.69, 9.17) is 0 Å². The molecule has 1 rings (SSSR count). The Hall–Kier alpha value is -0.530. The largest absolute Gasteiger partial charge is 0.481 e. The van der Waals surface area contributed by atoms with Crippen LogP contribution >= 0.6 is 0 Å². The van der Waals surface area contributed by atoms with E-state index in [2.05, 4.69) is 13.8 Å². The fraction of sp³-hybridized carbons (Fsp3) is 0.923. The highest BCUT2D eigenvalue weighted by molar-refractivity contribution is 5.70. The number of carbonyl (C=O) groups is 1. The predicted octanol–water partition coefficient (Wildman–Crippen LogP) is 3.70. The summed E-state index contributed by atoms with van der Waals surface area (Å²) < 4.78 is 0. The van der Waals surface area contributed by atoms with Crippen LogP contribution < -0.4 is 0 Å². The van der Waals surface area contributed by atoms with Gasteiger partial charge in [-0.2, -0.15) is 0 Å². The molecule has 0 aliphatic heterocycles. The highest BCUT2D eigenvalue weighted by Gasteiger charge is 2.31. The van der Waals surface area contributed by atoms with Crippen LogP contribution in [-0.2, 0) is 4.79 Å². The van der Waals surface area contributed by atoms with E-state index >= 15 is 0 Å². The molecule has 0 heterocycles. The second-order valence-corrected chi connectivity index (χ2v) is 4.93. The second-order valence-electron chi connectivity index (χ2n) is 4.93. The maximum absolute atomic E-state index is 11.2. The van der Waals surface area contributed by atoms with Crippen LogP contribution in [0.1, 0.15) is 58.8 Å². The van der Waals surface area contributed by atoms with E-state index in [1.165, 1.54) is 19.3 Å². The van der Waals surface area contributed by atoms with Crippen molar-refractivity contribution < 1.29 is 9.90 Å². The molecule has 1 saturated carbocycles. The van der Waals surface area contributed by atoms with Crippen molar-refractivity contribution in [2.24, 2.45) is 17.8 Å². The molecule has 0 saturated heterocycles. The van der Waals surface area contributed by atoms with Crippen LogP contribution in [0.25, 0.3) is 0 Å². The lowest BCUT2D eigenvalue weighted by molar-refractivity contribution is -0.144. The third-order valence-corrected chi connectivity index (χ3v) is 3.89. The smallest absolute Gasteiger partial charge is 0.306 e. The molecule has 1 aliphatic carbocycles. The van der Waals surface area contributed by atoms with Gasteiger partial charge < -0.3 is 5.11 Å². The Balaban J connectivity index is 2.54. The normalized spacial score (nSPS) is 28.7. The van der Waals surface area contributed by atoms with Gasteiger partial charge in [0.05, 0.1) is 5.92 Å². The summed E-state index contributed by atoms with van der Waals surface area (Å²) in [7, 11) is 0. The minimum atomic E-state index is -0.571. The van der Waals surface area contributed by atoms with Crippen molar-refractivity contribution in [3.05, 3.63) is 0 Å². The van der Waals surface area contributed by atoms with Crippen molar-refractivity contribution in [3.8, 4) is 0 Å². The van der Waals surface area contributed by atoms with E-state index in [1.54, 1.807) is 0 Å². The molecule has 0 spiro atoms. The third-order valence-electron chi connectivity index (χ3n) is 3.89. The van der Waals surface area contributed by atoms with Crippen LogP contribution in [0.3, 0.4) is 0 Å². The molecule has 1 aliphatic rings. The lowest BCUT2D eigenvalue weighted by Crippen LogP contribution is -2.28. The summed E-state index contributed by atoms with van der Waals surface area (Å²) in [5.74, 6) is 0.576. The van der Waals surface area contributed by atoms with Crippen LogP contribution in [0.15, 0.2) is 0 Å². The monoisotopic (exact) mass is 212 g/mol. The van der Waals surface area contributed by atoms with Gasteiger partial charge in [0.2, 0.25) is 0 Å². The minimum absolute atomic E-state index is 0.0793. The van der Waals surface area contributed by atoms with Gasteiger partial charge >= 0.3 is 5.97 Å². The molecular formula is C13H24O2. The van der Waals surface area contributed by atoms with Gasteiger partial charge in [-0.3, -0.25) is 4.79 Å². The van der Waals surface area contributed by atoms with Crippen molar-refractivity contribution in [1.82, 2.24) is 0 Å². The van der Waals surface area contributed by atoms with Gasteiger partial charge in [0.15, 0.2) is 0 Å². The first-order chi connectivity index (χ1) is 7.19. The Bertz CT molecular complexity index is 201. The Kier molecular flexibility index (Phi) is 5.13. The summed E-state index contributed by atoms with van der Waals surface area (Å²) >= 11 is 0. The molecule has 0 radical (unpaired) electrons. The van der Waals surface area contributed by atoms with Gasteiger partial charge in [-0.1, -0.05) is 39.5 Å². The average molecular weight is 212 g/mol. The maximum atomic E-state index is 11.2. The van der Waals surface area contributed by atoms with Gasteiger partial charge in [-0.25, -0.2) is 0 Å². The fourth-order valence-electron chi connectivity index (χ4n) is 2.94. The topological polar surface area (TPSA) is 37.3 Å². The molecule has 88 valence electrons. The zero-order valence-electron chi connectivity index (χ0n) is 10.0. The molecular weight excluding hydrogens is 188 g/mol. The van der Waals surface area contributed by atoms with Gasteiger partial charge in [0.25, 0.3) is 0 Å². The highest BCUT2D eigenvalue weighted by Crippen LogP contribution is 2.37. The summed E-state index contributed by atoms with van der Waals surface area (Å²) in [4.78, 5) is 11.2. The number of rotatable bonds is 5. The fourth-order valence-corrected chi connectivity index (χ4v) is 2.94. The molecule has 0 aromatic heterocycles. The number of hydrogen-bond acceptors (Lipinski definition) is 1. The molecule has 3 atom stereocenters. The van der Waals surface area contributed by atoms with E-state index in [0.717, 1.165) is 31.6 Å². The molecule has 2 nitrogen and oxygen atoms in total. The average Bonchev–Trinajstić information content (AvgIpc) is 2.25. The SMILES string of the molecule is CCCC(C(=O)O)C1CCCC(CC)C1. The lowest BCUT2D eigenvalue weighted by atomic mass is 9.73. The van der Waals surface area contributed by atoms with E-state index in [0.29, 0.717) is 5.92 Å². The predicted molar refractivity (Wildman–Crippen MR) is 61.8 cm³/mol. The summed E-state index contributed by atoms with van der Waals surface area (Å²) in [5, 5.41) is 9.22. The van der Waals surface area contributed by atoms with E-state index in [1.807, 2.05) is 0 Å². The van der Waals surface area contributed by atoms with Crippen molar-refractivity contribution in [2.45, 2.75) is 58.8 Å². The summed E-state index contributed by atoms with van der Waals surface area (Å²) in [5.41, 5.74) is 0. The molecule has 0 aromatic rings. The highest BCUT2D eigenvalue weighted by atomic mass is 16.4. The molecule has 15 heavy (non-hydrogen) atoms. The molecule has 0 aromatic carbocycles. The van der Waals surface area contributed by atoms with Crippen molar-refractivity contribution >= 4 is 5.97 Å². The Morgan fingerprint density at radius 3 is 2.67 bits per heavy atom. The van der Waals surface area contributed by atoms with Crippen LogP contribution in [0.2, 0.25) is 0 Å². The zero-order chi connectivity index (χ0) is 11.3. The second kappa shape index (κ2) is 6.14. The third kappa shape index (κ3) is 3.51.